The van der Waals surface area contributed by atoms with E-state index in [0.29, 0.717) is 33.6 Å². The maximum Gasteiger partial charge on any atom is 0.140 e. The summed E-state index contributed by atoms with van der Waals surface area (Å²) in [5, 5.41) is 36.7. The van der Waals surface area contributed by atoms with Crippen LogP contribution in [0.15, 0.2) is 41.4 Å². The van der Waals surface area contributed by atoms with E-state index in [1.165, 1.54) is 24.4 Å². The predicted octanol–water partition coefficient (Wildman–Crippen LogP) is 2.10. The van der Waals surface area contributed by atoms with Crippen LogP contribution in [0.2, 0.25) is 10.0 Å². The van der Waals surface area contributed by atoms with Crippen LogP contribution in [0.3, 0.4) is 0 Å². The van der Waals surface area contributed by atoms with Gasteiger partial charge in [0.05, 0.1) is 22.7 Å². The Balaban J connectivity index is 0.000000244. The average molecular weight is 430 g/mol. The molecule has 0 saturated carbocycles. The van der Waals surface area contributed by atoms with Gasteiger partial charge in [-0.2, -0.15) is 5.26 Å². The van der Waals surface area contributed by atoms with Gasteiger partial charge in [-0.1, -0.05) is 23.2 Å². The Morgan fingerprint density at radius 1 is 1.33 bits per heavy atom. The third-order valence-electron chi connectivity index (χ3n) is 3.77. The molecule has 10 heteroatoms. The van der Waals surface area contributed by atoms with Crippen molar-refractivity contribution in [1.82, 2.24) is 9.29 Å². The summed E-state index contributed by atoms with van der Waals surface area (Å²) in [6.07, 6.45) is 1.62. The summed E-state index contributed by atoms with van der Waals surface area (Å²) in [7, 11) is -1.46. The topological polar surface area (TPSA) is 118 Å². The molecule has 0 radical (unpaired) electrons. The molecular formula is C17H17Cl2N3O4S. The third kappa shape index (κ3) is 5.87. The second-order valence-corrected chi connectivity index (χ2v) is 8.13. The van der Waals surface area contributed by atoms with E-state index in [0.717, 1.165) is 0 Å². The highest BCUT2D eigenvalue weighted by Crippen LogP contribution is 2.29. The largest absolute Gasteiger partial charge is 0.506 e. The molecule has 2 heterocycles. The molecule has 1 aromatic carbocycles. The number of aromatic nitrogens is 1. The molecule has 0 aliphatic carbocycles. The molecule has 2 aromatic rings. The fourth-order valence-electron chi connectivity index (χ4n) is 2.30. The summed E-state index contributed by atoms with van der Waals surface area (Å²) in [5.41, 5.74) is -0.859. The van der Waals surface area contributed by atoms with Gasteiger partial charge in [0.25, 0.3) is 0 Å². The van der Waals surface area contributed by atoms with Gasteiger partial charge >= 0.3 is 0 Å². The van der Waals surface area contributed by atoms with Crippen molar-refractivity contribution in [2.75, 3.05) is 19.7 Å². The summed E-state index contributed by atoms with van der Waals surface area (Å²) in [4.78, 5) is 4.05. The lowest BCUT2D eigenvalue weighted by molar-refractivity contribution is -0.000502. The van der Waals surface area contributed by atoms with Crippen LogP contribution in [-0.2, 0) is 11.0 Å². The fourth-order valence-corrected chi connectivity index (χ4v) is 4.21. The minimum absolute atomic E-state index is 0.0778. The SMILES string of the molecule is N#Cc1ccc(O)cn1.O=S(c1ccc(Cl)cc1Cl)N1CCC(O)(CO)C1. The van der Waals surface area contributed by atoms with Crippen LogP contribution in [0.4, 0.5) is 0 Å². The number of aliphatic hydroxyl groups is 2. The van der Waals surface area contributed by atoms with Gasteiger partial charge in [0, 0.05) is 18.1 Å². The van der Waals surface area contributed by atoms with E-state index in [4.69, 9.17) is 38.7 Å². The highest BCUT2D eigenvalue weighted by atomic mass is 35.5. The Morgan fingerprint density at radius 2 is 2.07 bits per heavy atom. The van der Waals surface area contributed by atoms with Crippen molar-refractivity contribution in [3.8, 4) is 11.8 Å². The molecule has 1 aromatic heterocycles. The lowest BCUT2D eigenvalue weighted by Crippen LogP contribution is -2.37. The number of hydrogen-bond acceptors (Lipinski definition) is 6. The number of aliphatic hydroxyl groups excluding tert-OH is 1. The van der Waals surface area contributed by atoms with Crippen molar-refractivity contribution in [2.45, 2.75) is 16.9 Å². The summed E-state index contributed by atoms with van der Waals surface area (Å²) >= 11 is 11.8. The lowest BCUT2D eigenvalue weighted by Gasteiger charge is -2.20. The second-order valence-electron chi connectivity index (χ2n) is 5.83. The third-order valence-corrected chi connectivity index (χ3v) is 5.94. The van der Waals surface area contributed by atoms with E-state index in [-0.39, 0.29) is 18.9 Å². The number of nitriles is 1. The molecule has 2 atom stereocenters. The van der Waals surface area contributed by atoms with Crippen molar-refractivity contribution in [2.24, 2.45) is 0 Å². The molecule has 0 bridgehead atoms. The van der Waals surface area contributed by atoms with E-state index >= 15 is 0 Å². The first-order chi connectivity index (χ1) is 12.8. The van der Waals surface area contributed by atoms with Crippen molar-refractivity contribution >= 4 is 34.2 Å². The maximum atomic E-state index is 12.3. The number of aromatic hydroxyl groups is 1. The van der Waals surface area contributed by atoms with E-state index in [2.05, 4.69) is 4.98 Å². The first-order valence-electron chi connectivity index (χ1n) is 7.78. The molecule has 0 amide bonds. The molecule has 3 N–H and O–H groups in total. The molecule has 144 valence electrons. The summed E-state index contributed by atoms with van der Waals surface area (Å²) in [5.74, 6) is 0.0778. The lowest BCUT2D eigenvalue weighted by atomic mass is 10.1. The highest BCUT2D eigenvalue weighted by molar-refractivity contribution is 7.82. The number of benzene rings is 1. The van der Waals surface area contributed by atoms with Gasteiger partial charge in [-0.15, -0.1) is 0 Å². The standard InChI is InChI=1S/C11H13Cl2NO3S.C6H4N2O/c12-8-1-2-10(9(13)5-8)18(17)14-4-3-11(16,6-14)7-15;7-3-5-1-2-6(9)4-8-5/h1-2,5,15-16H,3-4,6-7H2;1-2,4,9H. The van der Waals surface area contributed by atoms with Gasteiger partial charge in [0.15, 0.2) is 0 Å². The molecule has 7 nitrogen and oxygen atoms in total. The van der Waals surface area contributed by atoms with Gasteiger partial charge < -0.3 is 15.3 Å². The Hall–Kier alpha value is -1.73. The Kier molecular flexibility index (Phi) is 7.56. The monoisotopic (exact) mass is 429 g/mol. The summed E-state index contributed by atoms with van der Waals surface area (Å²) < 4.78 is 13.9. The number of nitrogens with zero attached hydrogens (tertiary/aromatic N) is 3. The Morgan fingerprint density at radius 3 is 2.59 bits per heavy atom. The number of β-amino-alcohol motifs (C(OH)–C–C–N with tert-alkyl or cyclic N) is 1. The van der Waals surface area contributed by atoms with E-state index < -0.39 is 16.6 Å². The van der Waals surface area contributed by atoms with Crippen LogP contribution in [0.1, 0.15) is 12.1 Å². The van der Waals surface area contributed by atoms with Crippen molar-refractivity contribution in [3.05, 3.63) is 52.3 Å². The van der Waals surface area contributed by atoms with Crippen LogP contribution in [0.5, 0.6) is 5.75 Å². The first kappa shape index (κ1) is 21.6. The number of pyridine rings is 1. The van der Waals surface area contributed by atoms with Crippen molar-refractivity contribution < 1.29 is 19.5 Å². The average Bonchev–Trinajstić information content (AvgIpc) is 3.05. The van der Waals surface area contributed by atoms with E-state index in [1.807, 2.05) is 6.07 Å². The molecule has 1 aliphatic heterocycles. The van der Waals surface area contributed by atoms with Crippen LogP contribution in [-0.4, -0.2) is 54.1 Å². The van der Waals surface area contributed by atoms with Gasteiger partial charge in [-0.3, -0.25) is 0 Å². The number of halogens is 2. The zero-order valence-corrected chi connectivity index (χ0v) is 16.4. The van der Waals surface area contributed by atoms with Crippen molar-refractivity contribution in [3.63, 3.8) is 0 Å². The fraction of sp³-hybridized carbons (Fsp3) is 0.294. The molecule has 3 rings (SSSR count). The van der Waals surface area contributed by atoms with Crippen molar-refractivity contribution in [1.29, 1.82) is 5.26 Å². The van der Waals surface area contributed by atoms with Gasteiger partial charge in [0.2, 0.25) is 0 Å². The smallest absolute Gasteiger partial charge is 0.140 e. The predicted molar refractivity (Wildman–Crippen MR) is 102 cm³/mol. The molecule has 0 spiro atoms. The minimum atomic E-state index is -1.46. The van der Waals surface area contributed by atoms with E-state index in [9.17, 15) is 9.32 Å². The quantitative estimate of drug-likeness (QED) is 0.687. The molecule has 1 saturated heterocycles. The van der Waals surface area contributed by atoms with Crippen LogP contribution < -0.4 is 0 Å². The Bertz CT molecular complexity index is 860. The number of hydrogen-bond donors (Lipinski definition) is 3. The zero-order chi connectivity index (χ0) is 20.0. The van der Waals surface area contributed by atoms with Crippen LogP contribution in [0, 0.1) is 11.3 Å². The van der Waals surface area contributed by atoms with E-state index in [1.54, 1.807) is 16.4 Å². The van der Waals surface area contributed by atoms with Gasteiger partial charge in [0.1, 0.15) is 34.1 Å². The van der Waals surface area contributed by atoms with Gasteiger partial charge in [-0.05, 0) is 36.8 Å². The molecular weight excluding hydrogens is 413 g/mol. The number of rotatable bonds is 3. The molecule has 1 aliphatic rings. The first-order valence-corrected chi connectivity index (χ1v) is 9.64. The normalized spacial score (nSPS) is 20.4. The minimum Gasteiger partial charge on any atom is -0.506 e. The zero-order valence-electron chi connectivity index (χ0n) is 14.0. The van der Waals surface area contributed by atoms with Crippen LogP contribution >= 0.6 is 23.2 Å². The maximum absolute atomic E-state index is 12.3. The molecule has 27 heavy (non-hydrogen) atoms. The van der Waals surface area contributed by atoms with Gasteiger partial charge in [-0.25, -0.2) is 13.5 Å². The highest BCUT2D eigenvalue weighted by Gasteiger charge is 2.38. The Labute approximate surface area is 169 Å². The van der Waals surface area contributed by atoms with Crippen LogP contribution in [0.25, 0.3) is 0 Å². The summed E-state index contributed by atoms with van der Waals surface area (Å²) in [6.45, 7) is 0.271. The molecule has 2 unspecified atom stereocenters. The molecule has 1 fully saturated rings. The summed E-state index contributed by atoms with van der Waals surface area (Å²) in [6, 6.07) is 9.47. The second kappa shape index (κ2) is 9.46.